The van der Waals surface area contributed by atoms with Crippen molar-refractivity contribution in [2.24, 2.45) is 0 Å². The summed E-state index contributed by atoms with van der Waals surface area (Å²) >= 11 is 5.93. The van der Waals surface area contributed by atoms with Crippen LogP contribution in [0.4, 0.5) is 11.5 Å². The van der Waals surface area contributed by atoms with E-state index >= 15 is 0 Å². The molecule has 0 spiro atoms. The number of carbonyl (C=O) groups is 1. The zero-order valence-electron chi connectivity index (χ0n) is 11.1. The maximum Gasteiger partial charge on any atom is 0.255 e. The van der Waals surface area contributed by atoms with Crippen molar-refractivity contribution in [2.75, 3.05) is 17.2 Å². The molecule has 6 heteroatoms. The lowest BCUT2D eigenvalue weighted by Crippen LogP contribution is -2.13. The summed E-state index contributed by atoms with van der Waals surface area (Å²) in [6.45, 7) is 2.83. The minimum Gasteiger partial charge on any atom is -0.370 e. The normalized spacial score (nSPS) is 10.1. The highest BCUT2D eigenvalue weighted by atomic mass is 35.5. The predicted octanol–water partition coefficient (Wildman–Crippen LogP) is 3.20. The van der Waals surface area contributed by atoms with Crippen LogP contribution in [0.2, 0.25) is 5.15 Å². The van der Waals surface area contributed by atoms with Crippen LogP contribution in [0.5, 0.6) is 0 Å². The van der Waals surface area contributed by atoms with E-state index in [1.165, 1.54) is 6.07 Å². The van der Waals surface area contributed by atoms with Gasteiger partial charge in [-0.15, -0.1) is 0 Å². The molecule has 2 aromatic heterocycles. The van der Waals surface area contributed by atoms with Crippen LogP contribution in [0, 0.1) is 0 Å². The number of rotatable bonds is 5. The molecule has 0 saturated carbocycles. The highest BCUT2D eigenvalue weighted by Crippen LogP contribution is 2.16. The molecule has 2 N–H and O–H groups in total. The predicted molar refractivity (Wildman–Crippen MR) is 80.2 cm³/mol. The Labute approximate surface area is 122 Å². The Morgan fingerprint density at radius 2 is 2.05 bits per heavy atom. The molecule has 2 rings (SSSR count). The van der Waals surface area contributed by atoms with Crippen LogP contribution < -0.4 is 10.6 Å². The fraction of sp³-hybridized carbons (Fsp3) is 0.214. The molecule has 0 aliphatic carbocycles. The van der Waals surface area contributed by atoms with Gasteiger partial charge in [0.1, 0.15) is 11.0 Å². The molecule has 0 aromatic carbocycles. The molecule has 0 fully saturated rings. The summed E-state index contributed by atoms with van der Waals surface area (Å²) in [6.07, 6.45) is 4.19. The molecule has 20 heavy (non-hydrogen) atoms. The molecular weight excluding hydrogens is 276 g/mol. The summed E-state index contributed by atoms with van der Waals surface area (Å²) in [6, 6.07) is 6.65. The van der Waals surface area contributed by atoms with E-state index in [9.17, 15) is 4.79 Å². The first-order valence-corrected chi connectivity index (χ1v) is 6.69. The summed E-state index contributed by atoms with van der Waals surface area (Å²) in [4.78, 5) is 20.2. The number of halogens is 1. The number of anilines is 2. The number of carbonyl (C=O) groups excluding carboxylic acids is 1. The molecule has 2 heterocycles. The Balaban J connectivity index is 2.15. The molecule has 0 aliphatic heterocycles. The number of amides is 1. The molecule has 5 nitrogen and oxygen atoms in total. The van der Waals surface area contributed by atoms with Gasteiger partial charge in [-0.05, 0) is 30.7 Å². The van der Waals surface area contributed by atoms with E-state index in [0.29, 0.717) is 17.1 Å². The molecule has 0 saturated heterocycles. The summed E-state index contributed by atoms with van der Waals surface area (Å²) in [5.74, 6) is 0.360. The third kappa shape index (κ3) is 3.93. The van der Waals surface area contributed by atoms with Crippen LogP contribution in [0.1, 0.15) is 23.7 Å². The van der Waals surface area contributed by atoms with Gasteiger partial charge >= 0.3 is 0 Å². The topological polar surface area (TPSA) is 66.9 Å². The molecule has 1 amide bonds. The maximum absolute atomic E-state index is 12.1. The van der Waals surface area contributed by atoms with Gasteiger partial charge in [-0.25, -0.2) is 4.98 Å². The lowest BCUT2D eigenvalue weighted by atomic mass is 10.2. The van der Waals surface area contributed by atoms with Gasteiger partial charge in [-0.2, -0.15) is 0 Å². The van der Waals surface area contributed by atoms with Crippen molar-refractivity contribution in [1.29, 1.82) is 0 Å². The average Bonchev–Trinajstić information content (AvgIpc) is 2.45. The zero-order chi connectivity index (χ0) is 14.4. The van der Waals surface area contributed by atoms with Crippen LogP contribution in [-0.2, 0) is 0 Å². The fourth-order valence-corrected chi connectivity index (χ4v) is 1.82. The molecule has 104 valence electrons. The van der Waals surface area contributed by atoms with Crippen molar-refractivity contribution in [3.63, 3.8) is 0 Å². The fourth-order valence-electron chi connectivity index (χ4n) is 1.61. The summed E-state index contributed by atoms with van der Waals surface area (Å²) in [5.41, 5.74) is 1.14. The number of hydrogen-bond acceptors (Lipinski definition) is 4. The van der Waals surface area contributed by atoms with Gasteiger partial charge < -0.3 is 10.6 Å². The van der Waals surface area contributed by atoms with Gasteiger partial charge in [0.05, 0.1) is 0 Å². The van der Waals surface area contributed by atoms with Gasteiger partial charge in [0.2, 0.25) is 0 Å². The summed E-state index contributed by atoms with van der Waals surface area (Å²) in [7, 11) is 0. The number of aromatic nitrogens is 2. The van der Waals surface area contributed by atoms with Crippen LogP contribution >= 0.6 is 11.6 Å². The number of nitrogens with one attached hydrogen (secondary N) is 2. The molecule has 0 aliphatic rings. The minimum atomic E-state index is -0.236. The Kier molecular flexibility index (Phi) is 4.90. The maximum atomic E-state index is 12.1. The van der Waals surface area contributed by atoms with Crippen molar-refractivity contribution in [2.45, 2.75) is 13.3 Å². The molecule has 0 bridgehead atoms. The van der Waals surface area contributed by atoms with Crippen LogP contribution in [0.3, 0.4) is 0 Å². The van der Waals surface area contributed by atoms with Gasteiger partial charge in [-0.3, -0.25) is 9.78 Å². The second-order valence-corrected chi connectivity index (χ2v) is 4.57. The van der Waals surface area contributed by atoms with Gasteiger partial charge in [0.25, 0.3) is 5.91 Å². The first-order valence-electron chi connectivity index (χ1n) is 6.32. The molecule has 0 radical (unpaired) electrons. The van der Waals surface area contributed by atoms with Crippen LogP contribution in [-0.4, -0.2) is 22.4 Å². The highest BCUT2D eigenvalue weighted by molar-refractivity contribution is 6.30. The van der Waals surface area contributed by atoms with Crippen LogP contribution in [0.15, 0.2) is 36.7 Å². The minimum absolute atomic E-state index is 0.236. The standard InChI is InChI=1S/C14H15ClN4O/c1-2-5-17-13-9-10(8-12(15)19-13)14(20)18-11-3-6-16-7-4-11/h3-4,6-9H,2,5H2,1H3,(H,17,19)(H,16,18,20). The first-order chi connectivity index (χ1) is 9.69. The first kappa shape index (κ1) is 14.3. The van der Waals surface area contributed by atoms with E-state index in [1.54, 1.807) is 30.6 Å². The van der Waals surface area contributed by atoms with Crippen molar-refractivity contribution >= 4 is 29.0 Å². The van der Waals surface area contributed by atoms with Crippen molar-refractivity contribution < 1.29 is 4.79 Å². The average molecular weight is 291 g/mol. The SMILES string of the molecule is CCCNc1cc(C(=O)Nc2ccncc2)cc(Cl)n1. The van der Waals surface area contributed by atoms with Gasteiger partial charge in [-0.1, -0.05) is 18.5 Å². The van der Waals surface area contributed by atoms with E-state index in [-0.39, 0.29) is 11.1 Å². The Morgan fingerprint density at radius 3 is 2.75 bits per heavy atom. The number of pyridine rings is 2. The Hall–Kier alpha value is -2.14. The Morgan fingerprint density at radius 1 is 1.30 bits per heavy atom. The largest absolute Gasteiger partial charge is 0.370 e. The van der Waals surface area contributed by atoms with Gasteiger partial charge in [0, 0.05) is 30.2 Å². The van der Waals surface area contributed by atoms with Crippen molar-refractivity contribution in [3.05, 3.63) is 47.4 Å². The van der Waals surface area contributed by atoms with E-state index in [2.05, 4.69) is 27.5 Å². The summed E-state index contributed by atoms with van der Waals surface area (Å²) < 4.78 is 0. The quantitative estimate of drug-likeness (QED) is 0.830. The third-order valence-corrected chi connectivity index (χ3v) is 2.74. The second-order valence-electron chi connectivity index (χ2n) is 4.18. The smallest absolute Gasteiger partial charge is 0.255 e. The van der Waals surface area contributed by atoms with Crippen molar-refractivity contribution in [1.82, 2.24) is 9.97 Å². The van der Waals surface area contributed by atoms with Crippen LogP contribution in [0.25, 0.3) is 0 Å². The van der Waals surface area contributed by atoms with E-state index in [4.69, 9.17) is 11.6 Å². The number of hydrogen-bond donors (Lipinski definition) is 2. The monoisotopic (exact) mass is 290 g/mol. The summed E-state index contributed by atoms with van der Waals surface area (Å²) in [5, 5.41) is 6.17. The lowest BCUT2D eigenvalue weighted by Gasteiger charge is -2.08. The van der Waals surface area contributed by atoms with E-state index in [1.807, 2.05) is 0 Å². The van der Waals surface area contributed by atoms with E-state index in [0.717, 1.165) is 13.0 Å². The highest BCUT2D eigenvalue weighted by Gasteiger charge is 2.09. The Bertz CT molecular complexity index is 589. The molecule has 0 atom stereocenters. The second kappa shape index (κ2) is 6.86. The molecule has 2 aromatic rings. The van der Waals surface area contributed by atoms with Gasteiger partial charge in [0.15, 0.2) is 0 Å². The third-order valence-electron chi connectivity index (χ3n) is 2.55. The number of nitrogens with zero attached hydrogens (tertiary/aromatic N) is 2. The molecule has 0 unspecified atom stereocenters. The van der Waals surface area contributed by atoms with Crippen molar-refractivity contribution in [3.8, 4) is 0 Å². The van der Waals surface area contributed by atoms with E-state index < -0.39 is 0 Å². The molecular formula is C14H15ClN4O. The zero-order valence-corrected chi connectivity index (χ0v) is 11.8. The lowest BCUT2D eigenvalue weighted by molar-refractivity contribution is 0.102.